The minimum atomic E-state index is -0.186. The zero-order valence-corrected chi connectivity index (χ0v) is 9.66. The van der Waals surface area contributed by atoms with Gasteiger partial charge in [0.25, 0.3) is 0 Å². The summed E-state index contributed by atoms with van der Waals surface area (Å²) in [6.45, 7) is 0.334. The van der Waals surface area contributed by atoms with E-state index < -0.39 is 0 Å². The minimum Gasteiger partial charge on any atom is -0.396 e. The summed E-state index contributed by atoms with van der Waals surface area (Å²) in [6.07, 6.45) is 9.18. The summed E-state index contributed by atoms with van der Waals surface area (Å²) >= 11 is 11.2. The number of aliphatic hydroxyl groups excluding tert-OH is 1. The predicted octanol–water partition coefficient (Wildman–Crippen LogP) is 3.90. The number of aliphatic hydroxyl groups is 1. The van der Waals surface area contributed by atoms with Crippen LogP contribution < -0.4 is 0 Å². The first kappa shape index (κ1) is 13.5. The van der Waals surface area contributed by atoms with Crippen LogP contribution in [0.2, 0.25) is 0 Å². The van der Waals surface area contributed by atoms with E-state index in [9.17, 15) is 0 Å². The lowest BCUT2D eigenvalue weighted by atomic mass is 10.1. The number of alkyl halides is 2. The Kier molecular flexibility index (Phi) is 11.1. The Bertz CT molecular complexity index is 96.9. The second-order valence-corrected chi connectivity index (χ2v) is 4.66. The van der Waals surface area contributed by atoms with Gasteiger partial charge in [0.15, 0.2) is 0 Å². The molecule has 0 spiro atoms. The molecular weight excluding hydrogens is 207 g/mol. The van der Waals surface area contributed by atoms with Gasteiger partial charge in [-0.15, -0.1) is 23.2 Å². The summed E-state index contributed by atoms with van der Waals surface area (Å²) in [7, 11) is 0. The molecule has 3 heteroatoms. The summed E-state index contributed by atoms with van der Waals surface area (Å²) in [5.74, 6) is 0. The molecule has 0 bridgehead atoms. The highest BCUT2D eigenvalue weighted by molar-refractivity contribution is 6.44. The zero-order chi connectivity index (χ0) is 9.94. The molecule has 0 aromatic rings. The maximum atomic E-state index is 8.54. The van der Waals surface area contributed by atoms with E-state index in [2.05, 4.69) is 0 Å². The SMILES string of the molecule is OCCCCCCCCCC(Cl)Cl. The Hall–Kier alpha value is 0.540. The molecule has 0 aromatic heterocycles. The largest absolute Gasteiger partial charge is 0.396 e. The van der Waals surface area contributed by atoms with Gasteiger partial charge in [-0.3, -0.25) is 0 Å². The molecule has 0 radical (unpaired) electrons. The fourth-order valence-electron chi connectivity index (χ4n) is 1.29. The molecule has 0 saturated heterocycles. The van der Waals surface area contributed by atoms with Crippen LogP contribution in [0.3, 0.4) is 0 Å². The van der Waals surface area contributed by atoms with Crippen LogP contribution in [0.4, 0.5) is 0 Å². The second kappa shape index (κ2) is 10.6. The number of halogens is 2. The van der Waals surface area contributed by atoms with Gasteiger partial charge in [0.05, 0.1) is 0 Å². The third-order valence-electron chi connectivity index (χ3n) is 2.08. The molecule has 80 valence electrons. The molecule has 0 saturated carbocycles. The van der Waals surface area contributed by atoms with Gasteiger partial charge in [-0.05, 0) is 12.8 Å². The summed E-state index contributed by atoms with van der Waals surface area (Å²) in [5.41, 5.74) is 0. The van der Waals surface area contributed by atoms with E-state index in [1.54, 1.807) is 0 Å². The molecule has 13 heavy (non-hydrogen) atoms. The minimum absolute atomic E-state index is 0.186. The maximum Gasteiger partial charge on any atom is 0.107 e. The molecule has 0 aliphatic carbocycles. The first-order valence-electron chi connectivity index (χ1n) is 5.16. The first-order chi connectivity index (χ1) is 6.27. The van der Waals surface area contributed by atoms with Crippen molar-refractivity contribution in [1.29, 1.82) is 0 Å². The summed E-state index contributed by atoms with van der Waals surface area (Å²) < 4.78 is 0. The Labute approximate surface area is 91.4 Å². The van der Waals surface area contributed by atoms with E-state index in [0.29, 0.717) is 6.61 Å². The highest BCUT2D eigenvalue weighted by Gasteiger charge is 1.97. The Balaban J connectivity index is 2.84. The van der Waals surface area contributed by atoms with Gasteiger partial charge in [0, 0.05) is 6.61 Å². The molecule has 0 fully saturated rings. The van der Waals surface area contributed by atoms with Gasteiger partial charge in [0.1, 0.15) is 4.84 Å². The fourth-order valence-corrected chi connectivity index (χ4v) is 1.60. The van der Waals surface area contributed by atoms with E-state index in [1.807, 2.05) is 0 Å². The predicted molar refractivity (Wildman–Crippen MR) is 59.5 cm³/mol. The first-order valence-corrected chi connectivity index (χ1v) is 6.03. The highest BCUT2D eigenvalue weighted by Crippen LogP contribution is 2.14. The summed E-state index contributed by atoms with van der Waals surface area (Å²) in [5, 5.41) is 8.54. The summed E-state index contributed by atoms with van der Waals surface area (Å²) in [4.78, 5) is -0.186. The van der Waals surface area contributed by atoms with E-state index in [-0.39, 0.29) is 4.84 Å². The van der Waals surface area contributed by atoms with Gasteiger partial charge in [0.2, 0.25) is 0 Å². The van der Waals surface area contributed by atoms with Crippen molar-refractivity contribution in [3.05, 3.63) is 0 Å². The van der Waals surface area contributed by atoms with Gasteiger partial charge in [-0.25, -0.2) is 0 Å². The monoisotopic (exact) mass is 226 g/mol. The molecule has 0 heterocycles. The zero-order valence-electron chi connectivity index (χ0n) is 8.14. The van der Waals surface area contributed by atoms with Crippen LogP contribution in [0.5, 0.6) is 0 Å². The van der Waals surface area contributed by atoms with Crippen molar-refractivity contribution < 1.29 is 5.11 Å². The molecular formula is C10H20Cl2O. The number of unbranched alkanes of at least 4 members (excludes halogenated alkanes) is 6. The summed E-state index contributed by atoms with van der Waals surface area (Å²) in [6, 6.07) is 0. The molecule has 1 nitrogen and oxygen atoms in total. The lowest BCUT2D eigenvalue weighted by molar-refractivity contribution is 0.282. The van der Waals surface area contributed by atoms with Crippen LogP contribution in [0, 0.1) is 0 Å². The van der Waals surface area contributed by atoms with E-state index in [1.165, 1.54) is 25.7 Å². The van der Waals surface area contributed by atoms with Crippen LogP contribution in [0.1, 0.15) is 51.4 Å². The topological polar surface area (TPSA) is 20.2 Å². The number of rotatable bonds is 9. The standard InChI is InChI=1S/C10H20Cl2O/c11-10(12)8-6-4-2-1-3-5-7-9-13/h10,13H,1-9H2. The molecule has 0 aromatic carbocycles. The third-order valence-corrected chi connectivity index (χ3v) is 2.52. The quantitative estimate of drug-likeness (QED) is 0.467. The molecule has 1 N–H and O–H groups in total. The van der Waals surface area contributed by atoms with E-state index in [4.69, 9.17) is 28.3 Å². The van der Waals surface area contributed by atoms with Crippen molar-refractivity contribution >= 4 is 23.2 Å². The Morgan fingerprint density at radius 2 is 1.23 bits per heavy atom. The number of hydrogen-bond donors (Lipinski definition) is 1. The normalized spacial score (nSPS) is 11.1. The van der Waals surface area contributed by atoms with Gasteiger partial charge in [-0.2, -0.15) is 0 Å². The van der Waals surface area contributed by atoms with Crippen LogP contribution >= 0.6 is 23.2 Å². The van der Waals surface area contributed by atoms with Crippen molar-refractivity contribution in [1.82, 2.24) is 0 Å². The molecule has 0 aliphatic rings. The smallest absolute Gasteiger partial charge is 0.107 e. The van der Waals surface area contributed by atoms with Crippen LogP contribution in [0.15, 0.2) is 0 Å². The maximum absolute atomic E-state index is 8.54. The third kappa shape index (κ3) is 12.5. The highest BCUT2D eigenvalue weighted by atomic mass is 35.5. The van der Waals surface area contributed by atoms with Gasteiger partial charge < -0.3 is 5.11 Å². The number of hydrogen-bond acceptors (Lipinski definition) is 1. The van der Waals surface area contributed by atoms with Crippen molar-refractivity contribution in [3.63, 3.8) is 0 Å². The van der Waals surface area contributed by atoms with Crippen LogP contribution in [-0.2, 0) is 0 Å². The van der Waals surface area contributed by atoms with Gasteiger partial charge in [-0.1, -0.05) is 38.5 Å². The average Bonchev–Trinajstić information content (AvgIpc) is 2.09. The van der Waals surface area contributed by atoms with E-state index in [0.717, 1.165) is 25.7 Å². The lowest BCUT2D eigenvalue weighted by Crippen LogP contribution is -1.87. The van der Waals surface area contributed by atoms with E-state index >= 15 is 0 Å². The van der Waals surface area contributed by atoms with Crippen LogP contribution in [-0.4, -0.2) is 16.5 Å². The van der Waals surface area contributed by atoms with Crippen molar-refractivity contribution in [2.45, 2.75) is 56.2 Å². The lowest BCUT2D eigenvalue weighted by Gasteiger charge is -2.01. The average molecular weight is 227 g/mol. The molecule has 0 amide bonds. The molecule has 0 rings (SSSR count). The Morgan fingerprint density at radius 1 is 0.769 bits per heavy atom. The van der Waals surface area contributed by atoms with Crippen molar-refractivity contribution in [2.24, 2.45) is 0 Å². The molecule has 0 aliphatic heterocycles. The van der Waals surface area contributed by atoms with Crippen LogP contribution in [0.25, 0.3) is 0 Å². The second-order valence-electron chi connectivity index (χ2n) is 3.38. The molecule has 0 unspecified atom stereocenters. The van der Waals surface area contributed by atoms with Crippen molar-refractivity contribution in [2.75, 3.05) is 6.61 Å². The Morgan fingerprint density at radius 3 is 1.69 bits per heavy atom. The fraction of sp³-hybridized carbons (Fsp3) is 1.00. The molecule has 0 atom stereocenters. The van der Waals surface area contributed by atoms with Gasteiger partial charge >= 0.3 is 0 Å². The van der Waals surface area contributed by atoms with Crippen molar-refractivity contribution in [3.8, 4) is 0 Å².